The number of aliphatic imine (C=N–C) groups is 1. The van der Waals surface area contributed by atoms with Crippen molar-refractivity contribution in [1.29, 1.82) is 0 Å². The second kappa shape index (κ2) is 5.65. The highest BCUT2D eigenvalue weighted by atomic mass is 31.2. The maximum Gasteiger partial charge on any atom is 0.348 e. The molecule has 6 N–H and O–H groups in total. The Labute approximate surface area is 114 Å². The van der Waals surface area contributed by atoms with Crippen molar-refractivity contribution in [3.8, 4) is 0 Å². The summed E-state index contributed by atoms with van der Waals surface area (Å²) in [7, 11) is -4.27. The number of aliphatic hydroxyl groups excluding tert-OH is 2. The first kappa shape index (κ1) is 15.2. The number of hydrogen-bond acceptors (Lipinski definition) is 7. The van der Waals surface area contributed by atoms with Crippen molar-refractivity contribution in [1.82, 2.24) is 4.90 Å². The van der Waals surface area contributed by atoms with E-state index in [-0.39, 0.29) is 12.3 Å². The third-order valence-electron chi connectivity index (χ3n) is 2.85. The van der Waals surface area contributed by atoms with Gasteiger partial charge < -0.3 is 35.4 Å². The lowest BCUT2D eigenvalue weighted by Gasteiger charge is -2.32. The summed E-state index contributed by atoms with van der Waals surface area (Å²) < 4.78 is 16.2. The van der Waals surface area contributed by atoms with Crippen LogP contribution in [0, 0.1) is 0 Å². The lowest BCUT2D eigenvalue weighted by molar-refractivity contribution is -0.119. The maximum atomic E-state index is 10.7. The van der Waals surface area contributed by atoms with E-state index >= 15 is 0 Å². The Balaban J connectivity index is 2.03. The summed E-state index contributed by atoms with van der Waals surface area (Å²) in [6.45, 7) is 0. The SMILES string of the molecule is NC1=NC(O)N([C@@H]2O[C@H](/C=C/P(=O)(O)O)C[C@H]2O)C=C1. The van der Waals surface area contributed by atoms with Gasteiger partial charge in [0.05, 0.1) is 6.10 Å². The molecule has 0 radical (unpaired) electrons. The number of ether oxygens (including phenoxy) is 1. The minimum atomic E-state index is -4.27. The van der Waals surface area contributed by atoms with E-state index in [9.17, 15) is 14.8 Å². The van der Waals surface area contributed by atoms with Crippen LogP contribution in [0.5, 0.6) is 0 Å². The molecule has 2 aliphatic heterocycles. The third kappa shape index (κ3) is 3.66. The largest absolute Gasteiger partial charge is 0.388 e. The lowest BCUT2D eigenvalue weighted by atomic mass is 10.2. The minimum absolute atomic E-state index is 0.150. The molecule has 1 fully saturated rings. The molecule has 0 aliphatic carbocycles. The van der Waals surface area contributed by atoms with Crippen molar-refractivity contribution in [2.24, 2.45) is 10.7 Å². The van der Waals surface area contributed by atoms with Crippen LogP contribution in [0.3, 0.4) is 0 Å². The molecule has 0 spiro atoms. The van der Waals surface area contributed by atoms with Gasteiger partial charge in [0.1, 0.15) is 11.9 Å². The molecule has 0 aromatic carbocycles. The second-order valence-corrected chi connectivity index (χ2v) is 5.94. The molecule has 9 nitrogen and oxygen atoms in total. The number of amidine groups is 1. The van der Waals surface area contributed by atoms with Crippen LogP contribution in [0.2, 0.25) is 0 Å². The fourth-order valence-corrected chi connectivity index (χ4v) is 2.40. The van der Waals surface area contributed by atoms with Crippen LogP contribution in [-0.4, -0.2) is 55.5 Å². The molecule has 1 unspecified atom stereocenters. The molecule has 0 saturated carbocycles. The van der Waals surface area contributed by atoms with Gasteiger partial charge in [0.15, 0.2) is 6.23 Å². The Bertz CT molecular complexity index is 501. The Hall–Kier alpha value is -1.22. The molecular weight excluding hydrogens is 289 g/mol. The molecule has 1 saturated heterocycles. The van der Waals surface area contributed by atoms with Gasteiger partial charge in [-0.15, -0.1) is 0 Å². The zero-order valence-electron chi connectivity index (χ0n) is 10.4. The zero-order valence-corrected chi connectivity index (χ0v) is 11.2. The van der Waals surface area contributed by atoms with Crippen molar-refractivity contribution in [3.05, 3.63) is 24.2 Å². The maximum absolute atomic E-state index is 10.7. The van der Waals surface area contributed by atoms with Crippen LogP contribution in [0.1, 0.15) is 6.42 Å². The average Bonchev–Trinajstić information content (AvgIpc) is 2.67. The van der Waals surface area contributed by atoms with Crippen molar-refractivity contribution in [3.63, 3.8) is 0 Å². The van der Waals surface area contributed by atoms with Crippen LogP contribution in [0.15, 0.2) is 29.2 Å². The lowest BCUT2D eigenvalue weighted by Crippen LogP contribution is -2.46. The van der Waals surface area contributed by atoms with Gasteiger partial charge in [0.2, 0.25) is 6.35 Å². The smallest absolute Gasteiger partial charge is 0.348 e. The Kier molecular flexibility index (Phi) is 4.28. The third-order valence-corrected chi connectivity index (χ3v) is 3.42. The first-order valence-corrected chi connectivity index (χ1v) is 7.49. The number of nitrogens with zero attached hydrogens (tertiary/aromatic N) is 2. The first-order valence-electron chi connectivity index (χ1n) is 5.81. The summed E-state index contributed by atoms with van der Waals surface area (Å²) >= 11 is 0. The van der Waals surface area contributed by atoms with E-state index in [1.165, 1.54) is 23.3 Å². The molecule has 2 aliphatic rings. The van der Waals surface area contributed by atoms with Gasteiger partial charge in [-0.25, -0.2) is 4.99 Å². The predicted molar refractivity (Wildman–Crippen MR) is 69.1 cm³/mol. The molecule has 0 amide bonds. The van der Waals surface area contributed by atoms with Gasteiger partial charge in [-0.3, -0.25) is 4.57 Å². The van der Waals surface area contributed by atoms with E-state index in [0.29, 0.717) is 0 Å². The van der Waals surface area contributed by atoms with Gasteiger partial charge in [-0.05, 0) is 12.2 Å². The Morgan fingerprint density at radius 2 is 2.20 bits per heavy atom. The monoisotopic (exact) mass is 305 g/mol. The van der Waals surface area contributed by atoms with E-state index < -0.39 is 32.4 Å². The number of hydrogen-bond donors (Lipinski definition) is 5. The molecule has 0 bridgehead atoms. The van der Waals surface area contributed by atoms with Crippen LogP contribution < -0.4 is 5.73 Å². The van der Waals surface area contributed by atoms with Crippen molar-refractivity contribution in [2.45, 2.75) is 31.2 Å². The summed E-state index contributed by atoms with van der Waals surface area (Å²) in [6.07, 6.45) is 0.492. The summed E-state index contributed by atoms with van der Waals surface area (Å²) in [5, 5.41) is 19.6. The molecule has 112 valence electrons. The average molecular weight is 305 g/mol. The molecule has 10 heteroatoms. The molecule has 0 aromatic heterocycles. The predicted octanol–water partition coefficient (Wildman–Crippen LogP) is -1.38. The summed E-state index contributed by atoms with van der Waals surface area (Å²) in [5.41, 5.74) is 5.42. The number of rotatable bonds is 3. The summed E-state index contributed by atoms with van der Waals surface area (Å²) in [4.78, 5) is 22.5. The fourth-order valence-electron chi connectivity index (χ4n) is 1.98. The van der Waals surface area contributed by atoms with Gasteiger partial charge in [0.25, 0.3) is 0 Å². The molecule has 0 aromatic rings. The quantitative estimate of drug-likeness (QED) is 0.400. The van der Waals surface area contributed by atoms with Gasteiger partial charge in [0, 0.05) is 18.4 Å². The van der Waals surface area contributed by atoms with Crippen molar-refractivity contribution >= 4 is 13.4 Å². The van der Waals surface area contributed by atoms with E-state index in [1.807, 2.05) is 0 Å². The van der Waals surface area contributed by atoms with Gasteiger partial charge >= 0.3 is 7.60 Å². The fraction of sp³-hybridized carbons (Fsp3) is 0.500. The summed E-state index contributed by atoms with van der Waals surface area (Å²) in [6, 6.07) is 0. The Morgan fingerprint density at radius 1 is 1.50 bits per heavy atom. The van der Waals surface area contributed by atoms with Crippen molar-refractivity contribution < 1.29 is 29.3 Å². The second-order valence-electron chi connectivity index (χ2n) is 4.46. The van der Waals surface area contributed by atoms with Crippen molar-refractivity contribution in [2.75, 3.05) is 0 Å². The van der Waals surface area contributed by atoms with Crippen LogP contribution >= 0.6 is 7.60 Å². The van der Waals surface area contributed by atoms with E-state index in [1.54, 1.807) is 0 Å². The molecule has 4 atom stereocenters. The molecule has 2 heterocycles. The number of aliphatic hydroxyl groups is 2. The standard InChI is InChI=1S/C10H16N3O6P/c11-8-1-3-13(10(15)12-8)9-7(14)5-6(19-9)2-4-20(16,17)18/h1-4,6-7,9-10,14-15H,5H2,(H2,11,12)(H2,16,17,18)/b4-2+/t6-,7-,9-,10?/m1/s1. The first-order chi connectivity index (χ1) is 9.26. The van der Waals surface area contributed by atoms with Crippen LogP contribution in [-0.2, 0) is 9.30 Å². The van der Waals surface area contributed by atoms with Gasteiger partial charge in [-0.2, -0.15) is 0 Å². The highest BCUT2D eigenvalue weighted by molar-refractivity contribution is 7.55. The van der Waals surface area contributed by atoms with Gasteiger partial charge in [-0.1, -0.05) is 0 Å². The summed E-state index contributed by atoms with van der Waals surface area (Å²) in [5.74, 6) is 0.880. The van der Waals surface area contributed by atoms with E-state index in [4.69, 9.17) is 20.3 Å². The van der Waals surface area contributed by atoms with Crippen LogP contribution in [0.4, 0.5) is 0 Å². The zero-order chi connectivity index (χ0) is 14.9. The van der Waals surface area contributed by atoms with E-state index in [0.717, 1.165) is 5.82 Å². The minimum Gasteiger partial charge on any atom is -0.388 e. The van der Waals surface area contributed by atoms with Crippen LogP contribution in [0.25, 0.3) is 0 Å². The molecular formula is C10H16N3O6P. The molecule has 2 rings (SSSR count). The normalized spacial score (nSPS) is 34.8. The highest BCUT2D eigenvalue weighted by Crippen LogP contribution is 2.37. The number of nitrogens with two attached hydrogens (primary N) is 1. The topological polar surface area (TPSA) is 149 Å². The Morgan fingerprint density at radius 3 is 2.80 bits per heavy atom. The highest BCUT2D eigenvalue weighted by Gasteiger charge is 2.39. The van der Waals surface area contributed by atoms with E-state index in [2.05, 4.69) is 4.99 Å². The molecule has 20 heavy (non-hydrogen) atoms.